The van der Waals surface area contributed by atoms with Gasteiger partial charge in [0.25, 0.3) is 5.91 Å². The van der Waals surface area contributed by atoms with Crippen LogP contribution in [0, 0.1) is 0 Å². The molecule has 4 heteroatoms. The van der Waals surface area contributed by atoms with Crippen LogP contribution in [-0.4, -0.2) is 10.9 Å². The van der Waals surface area contributed by atoms with Gasteiger partial charge in [-0.15, -0.1) is 0 Å². The molecule has 1 aromatic heterocycles. The Hall–Kier alpha value is -1.68. The Morgan fingerprint density at radius 1 is 1.19 bits per heavy atom. The maximum absolute atomic E-state index is 11.8. The number of hydrogen-bond donors (Lipinski definition) is 1. The van der Waals surface area contributed by atoms with E-state index in [0.717, 1.165) is 4.47 Å². The van der Waals surface area contributed by atoms with Crippen LogP contribution >= 0.6 is 15.9 Å². The molecule has 0 spiro atoms. The molecule has 2 rings (SSSR count). The van der Waals surface area contributed by atoms with E-state index in [1.54, 1.807) is 30.5 Å². The third kappa shape index (κ3) is 2.67. The van der Waals surface area contributed by atoms with Gasteiger partial charge in [-0.2, -0.15) is 0 Å². The minimum Gasteiger partial charge on any atom is -0.307 e. The maximum atomic E-state index is 11.8. The van der Waals surface area contributed by atoms with Gasteiger partial charge in [-0.05, 0) is 24.3 Å². The van der Waals surface area contributed by atoms with E-state index in [-0.39, 0.29) is 5.91 Å². The van der Waals surface area contributed by atoms with E-state index in [1.165, 1.54) is 0 Å². The van der Waals surface area contributed by atoms with Crippen molar-refractivity contribution in [3.05, 3.63) is 58.7 Å². The lowest BCUT2D eigenvalue weighted by Gasteiger charge is -2.04. The van der Waals surface area contributed by atoms with E-state index < -0.39 is 0 Å². The number of halogens is 1. The lowest BCUT2D eigenvalue weighted by molar-refractivity contribution is 0.102. The summed E-state index contributed by atoms with van der Waals surface area (Å²) >= 11 is 3.32. The highest BCUT2D eigenvalue weighted by Gasteiger charge is 2.05. The zero-order valence-electron chi connectivity index (χ0n) is 8.35. The van der Waals surface area contributed by atoms with Gasteiger partial charge in [0.05, 0.1) is 0 Å². The Morgan fingerprint density at radius 2 is 1.94 bits per heavy atom. The summed E-state index contributed by atoms with van der Waals surface area (Å²) in [6.45, 7) is 0. The fraction of sp³-hybridized carbons (Fsp3) is 0. The van der Waals surface area contributed by atoms with Crippen molar-refractivity contribution >= 4 is 27.7 Å². The zero-order chi connectivity index (χ0) is 11.4. The predicted molar refractivity (Wildman–Crippen MR) is 66.3 cm³/mol. The third-order valence-electron chi connectivity index (χ3n) is 2.00. The van der Waals surface area contributed by atoms with Gasteiger partial charge in [0.2, 0.25) is 0 Å². The Bertz CT molecular complexity index is 499. The highest BCUT2D eigenvalue weighted by molar-refractivity contribution is 9.10. The number of aromatic nitrogens is 1. The van der Waals surface area contributed by atoms with Gasteiger partial charge >= 0.3 is 0 Å². The van der Waals surface area contributed by atoms with Crippen LogP contribution in [0.1, 0.15) is 10.4 Å². The number of hydrogen-bond acceptors (Lipinski definition) is 2. The molecular weight excluding hydrogens is 268 g/mol. The average Bonchev–Trinajstić information content (AvgIpc) is 2.30. The number of amides is 1. The number of anilines is 1. The lowest BCUT2D eigenvalue weighted by Crippen LogP contribution is -2.12. The third-order valence-corrected chi connectivity index (χ3v) is 2.49. The Morgan fingerprint density at radius 3 is 2.62 bits per heavy atom. The second-order valence-electron chi connectivity index (χ2n) is 3.18. The van der Waals surface area contributed by atoms with Crippen LogP contribution in [0.25, 0.3) is 0 Å². The molecule has 80 valence electrons. The lowest BCUT2D eigenvalue weighted by atomic mass is 10.2. The summed E-state index contributed by atoms with van der Waals surface area (Å²) in [4.78, 5) is 15.8. The molecule has 1 aromatic carbocycles. The minimum atomic E-state index is -0.161. The number of nitrogens with zero attached hydrogens (tertiary/aromatic N) is 1. The molecule has 0 atom stereocenters. The summed E-state index contributed by atoms with van der Waals surface area (Å²) in [5.41, 5.74) is 0.615. The number of benzene rings is 1. The van der Waals surface area contributed by atoms with E-state index in [4.69, 9.17) is 0 Å². The quantitative estimate of drug-likeness (QED) is 0.916. The van der Waals surface area contributed by atoms with Crippen molar-refractivity contribution in [3.8, 4) is 0 Å². The second-order valence-corrected chi connectivity index (χ2v) is 4.10. The van der Waals surface area contributed by atoms with Crippen molar-refractivity contribution in [1.82, 2.24) is 4.98 Å². The highest BCUT2D eigenvalue weighted by atomic mass is 79.9. The number of carbonyl (C=O) groups excluding carboxylic acids is 1. The van der Waals surface area contributed by atoms with Crippen molar-refractivity contribution in [2.75, 3.05) is 5.32 Å². The molecule has 1 N–H and O–H groups in total. The van der Waals surface area contributed by atoms with Gasteiger partial charge in [-0.25, -0.2) is 4.98 Å². The van der Waals surface area contributed by atoms with E-state index in [2.05, 4.69) is 26.2 Å². The fourth-order valence-corrected chi connectivity index (χ4v) is 1.59. The molecule has 16 heavy (non-hydrogen) atoms. The van der Waals surface area contributed by atoms with Crippen LogP contribution in [-0.2, 0) is 0 Å². The number of nitrogens with one attached hydrogen (secondary N) is 1. The molecule has 0 fully saturated rings. The van der Waals surface area contributed by atoms with Gasteiger partial charge in [0.15, 0.2) is 0 Å². The van der Waals surface area contributed by atoms with Crippen LogP contribution in [0.4, 0.5) is 5.82 Å². The van der Waals surface area contributed by atoms with Gasteiger partial charge < -0.3 is 5.32 Å². The van der Waals surface area contributed by atoms with Crippen molar-refractivity contribution in [1.29, 1.82) is 0 Å². The molecule has 0 aliphatic carbocycles. The zero-order valence-corrected chi connectivity index (χ0v) is 9.94. The second kappa shape index (κ2) is 4.90. The number of carbonyl (C=O) groups is 1. The summed E-state index contributed by atoms with van der Waals surface area (Å²) in [5.74, 6) is 0.370. The van der Waals surface area contributed by atoms with Crippen LogP contribution in [0.5, 0.6) is 0 Å². The normalized spacial score (nSPS) is 9.81. The topological polar surface area (TPSA) is 42.0 Å². The SMILES string of the molecule is O=C(Nc1cc(Br)ccn1)c1ccccc1. The first kappa shape index (κ1) is 10.8. The monoisotopic (exact) mass is 276 g/mol. The average molecular weight is 277 g/mol. The van der Waals surface area contributed by atoms with Crippen molar-refractivity contribution in [2.24, 2.45) is 0 Å². The fourth-order valence-electron chi connectivity index (χ4n) is 1.25. The smallest absolute Gasteiger partial charge is 0.256 e. The molecule has 1 heterocycles. The predicted octanol–water partition coefficient (Wildman–Crippen LogP) is 3.10. The summed E-state index contributed by atoms with van der Waals surface area (Å²) in [6, 6.07) is 12.6. The number of rotatable bonds is 2. The van der Waals surface area contributed by atoms with Gasteiger partial charge in [-0.1, -0.05) is 34.1 Å². The summed E-state index contributed by atoms with van der Waals surface area (Å²) in [6.07, 6.45) is 1.63. The molecule has 1 amide bonds. The molecule has 0 saturated carbocycles. The summed E-state index contributed by atoms with van der Waals surface area (Å²) < 4.78 is 0.880. The molecule has 3 nitrogen and oxygen atoms in total. The molecule has 0 aliphatic rings. The summed E-state index contributed by atoms with van der Waals surface area (Å²) in [5, 5.41) is 2.72. The molecule has 0 aliphatic heterocycles. The van der Waals surface area contributed by atoms with Crippen molar-refractivity contribution in [3.63, 3.8) is 0 Å². The standard InChI is InChI=1S/C12H9BrN2O/c13-10-6-7-14-11(8-10)15-12(16)9-4-2-1-3-5-9/h1-8H,(H,14,15,16). The molecule has 0 saturated heterocycles. The molecule has 0 unspecified atom stereocenters. The van der Waals surface area contributed by atoms with Crippen LogP contribution in [0.15, 0.2) is 53.1 Å². The Kier molecular flexibility index (Phi) is 3.31. The first-order valence-corrected chi connectivity index (χ1v) is 5.53. The first-order chi connectivity index (χ1) is 7.75. The Labute approximate surface area is 102 Å². The highest BCUT2D eigenvalue weighted by Crippen LogP contribution is 2.13. The van der Waals surface area contributed by atoms with Gasteiger partial charge in [0.1, 0.15) is 5.82 Å². The molecular formula is C12H9BrN2O. The largest absolute Gasteiger partial charge is 0.307 e. The van der Waals surface area contributed by atoms with Crippen molar-refractivity contribution in [2.45, 2.75) is 0 Å². The summed E-state index contributed by atoms with van der Waals surface area (Å²) in [7, 11) is 0. The maximum Gasteiger partial charge on any atom is 0.256 e. The van der Waals surface area contributed by atoms with Crippen molar-refractivity contribution < 1.29 is 4.79 Å². The Balaban J connectivity index is 2.14. The minimum absolute atomic E-state index is 0.161. The molecule has 0 radical (unpaired) electrons. The molecule has 0 bridgehead atoms. The first-order valence-electron chi connectivity index (χ1n) is 4.73. The van der Waals surface area contributed by atoms with E-state index in [9.17, 15) is 4.79 Å². The van der Waals surface area contributed by atoms with E-state index in [1.807, 2.05) is 18.2 Å². The van der Waals surface area contributed by atoms with Gasteiger partial charge in [0, 0.05) is 16.2 Å². The van der Waals surface area contributed by atoms with Crippen LogP contribution < -0.4 is 5.32 Å². The van der Waals surface area contributed by atoms with E-state index >= 15 is 0 Å². The van der Waals surface area contributed by atoms with Crippen LogP contribution in [0.2, 0.25) is 0 Å². The van der Waals surface area contributed by atoms with Crippen LogP contribution in [0.3, 0.4) is 0 Å². The molecule has 2 aromatic rings. The number of pyridine rings is 1. The van der Waals surface area contributed by atoms with E-state index in [0.29, 0.717) is 11.4 Å². The van der Waals surface area contributed by atoms with Gasteiger partial charge in [-0.3, -0.25) is 4.79 Å².